The van der Waals surface area contributed by atoms with E-state index in [1.54, 1.807) is 19.2 Å². The Kier molecular flexibility index (Phi) is 3.25. The zero-order chi connectivity index (χ0) is 12.3. The molecule has 0 fully saturated rings. The van der Waals surface area contributed by atoms with E-state index in [1.807, 2.05) is 13.0 Å². The molecule has 0 aliphatic rings. The van der Waals surface area contributed by atoms with Crippen LogP contribution in [0.1, 0.15) is 22.2 Å². The summed E-state index contributed by atoms with van der Waals surface area (Å²) in [6, 6.07) is 5.28. The molecule has 1 atom stereocenters. The zero-order valence-corrected chi connectivity index (χ0v) is 10.4. The van der Waals surface area contributed by atoms with Crippen molar-refractivity contribution < 1.29 is 11.3 Å². The van der Waals surface area contributed by atoms with Gasteiger partial charge < -0.3 is 0 Å². The summed E-state index contributed by atoms with van der Waals surface area (Å²) in [6.45, 7) is 3.33. The van der Waals surface area contributed by atoms with Crippen molar-refractivity contribution in [2.75, 3.05) is 7.11 Å². The molecule has 0 amide bonds. The van der Waals surface area contributed by atoms with Gasteiger partial charge in [0.15, 0.2) is 0 Å². The van der Waals surface area contributed by atoms with Crippen molar-refractivity contribution in [1.29, 1.82) is 0 Å². The van der Waals surface area contributed by atoms with Crippen molar-refractivity contribution >= 4 is 18.3 Å². The van der Waals surface area contributed by atoms with Crippen molar-refractivity contribution in [3.05, 3.63) is 23.8 Å². The first-order chi connectivity index (χ1) is 7.40. The Hall–Kier alpha value is -0.661. The van der Waals surface area contributed by atoms with Crippen LogP contribution >= 0.6 is 0 Å². The van der Waals surface area contributed by atoms with Crippen LogP contribution in [0, 0.1) is 0 Å². The second kappa shape index (κ2) is 5.28. The van der Waals surface area contributed by atoms with E-state index < -0.39 is 19.1 Å². The van der Waals surface area contributed by atoms with Gasteiger partial charge in [0.25, 0.3) is 0 Å². The van der Waals surface area contributed by atoms with Crippen LogP contribution < -0.4 is 9.20 Å². The second-order valence-electron chi connectivity index (χ2n) is 2.80. The van der Waals surface area contributed by atoms with Crippen LogP contribution in [0.2, 0.25) is 5.27 Å². The maximum absolute atomic E-state index is 12.0. The van der Waals surface area contributed by atoms with Gasteiger partial charge in [-0.1, -0.05) is 0 Å². The Morgan fingerprint density at radius 2 is 2.21 bits per heavy atom. The second-order valence-corrected chi connectivity index (χ2v) is 5.71. The van der Waals surface area contributed by atoms with Crippen LogP contribution in [-0.2, 0) is 10.3 Å². The third-order valence-electron chi connectivity index (χ3n) is 2.03. The third kappa shape index (κ3) is 2.43. The fourth-order valence-electron chi connectivity index (χ4n) is 1.25. The number of hydrogen-bond acceptors (Lipinski definition) is 2. The topological polar surface area (TPSA) is 26.3 Å². The molecule has 0 radical (unpaired) electrons. The van der Waals surface area contributed by atoms with Crippen molar-refractivity contribution in [2.45, 2.75) is 25.5 Å². The quantitative estimate of drug-likeness (QED) is 0.610. The summed E-state index contributed by atoms with van der Waals surface area (Å²) < 4.78 is 32.8. The van der Waals surface area contributed by atoms with E-state index in [0.29, 0.717) is 4.46 Å². The summed E-state index contributed by atoms with van der Waals surface area (Å²) in [4.78, 5) is 0. The van der Waals surface area contributed by atoms with Crippen molar-refractivity contribution in [2.24, 2.45) is 0 Å². The molecule has 1 unspecified atom stereocenters. The van der Waals surface area contributed by atoms with Crippen LogP contribution in [0.25, 0.3) is 0 Å². The van der Waals surface area contributed by atoms with Crippen molar-refractivity contribution in [3.8, 4) is 5.75 Å². The third-order valence-corrected chi connectivity index (χ3v) is 4.49. The summed E-state index contributed by atoms with van der Waals surface area (Å²) in [6.07, 6.45) is 0.727. The van der Waals surface area contributed by atoms with Gasteiger partial charge in [-0.3, -0.25) is 0 Å². The molecule has 3 heteroatoms. The molecule has 0 saturated carbocycles. The van der Waals surface area contributed by atoms with Crippen molar-refractivity contribution in [1.82, 2.24) is 0 Å². The molecule has 1 rings (SSSR count). The SMILES string of the molecule is [1H][13C]([1H])(C)[Se](=O)c1ccc(OC)cc1CC. The molecule has 0 heterocycles. The summed E-state index contributed by atoms with van der Waals surface area (Å²) in [5.74, 6) is 0.719. The summed E-state index contributed by atoms with van der Waals surface area (Å²) in [7, 11) is 1.58. The Balaban J connectivity index is 3.19. The molecule has 0 spiro atoms. The zero-order valence-electron chi connectivity index (χ0n) is 10.7. The predicted octanol–water partition coefficient (Wildman–Crippen LogP) is 1.91. The van der Waals surface area contributed by atoms with E-state index in [0.717, 1.165) is 17.7 Å². The van der Waals surface area contributed by atoms with E-state index in [4.69, 9.17) is 7.48 Å². The number of aryl methyl sites for hydroxylation is 1. The summed E-state index contributed by atoms with van der Waals surface area (Å²) >= 11 is -2.66. The molecular weight excluding hydrogens is 244 g/mol. The maximum atomic E-state index is 12.0. The molecule has 2 nitrogen and oxygen atoms in total. The Bertz CT molecular complexity index is 399. The Morgan fingerprint density at radius 3 is 2.71 bits per heavy atom. The van der Waals surface area contributed by atoms with E-state index in [1.165, 1.54) is 6.92 Å². The molecular formula is C11H16O2Se. The van der Waals surface area contributed by atoms with Crippen LogP contribution in [-0.4, -0.2) is 20.9 Å². The van der Waals surface area contributed by atoms with Gasteiger partial charge >= 0.3 is 91.8 Å². The van der Waals surface area contributed by atoms with Crippen LogP contribution in [0.5, 0.6) is 5.75 Å². The molecule has 0 N–H and O–H groups in total. The number of hydrogen-bond donors (Lipinski definition) is 0. The van der Waals surface area contributed by atoms with E-state index in [9.17, 15) is 3.83 Å². The standard InChI is InChI=1S/C11H16O2Se/c1-4-9-8-10(13-3)6-7-11(9)14(12)5-2/h6-8H,4-5H2,1-3H3/i5+1H2. The van der Waals surface area contributed by atoms with Gasteiger partial charge in [-0.2, -0.15) is 0 Å². The van der Waals surface area contributed by atoms with Crippen LogP contribution in [0.3, 0.4) is 0 Å². The summed E-state index contributed by atoms with van der Waals surface area (Å²) in [5, 5.41) is -1.63. The van der Waals surface area contributed by atoms with E-state index >= 15 is 0 Å². The Labute approximate surface area is 92.2 Å². The first-order valence-electron chi connectivity index (χ1n) is 5.49. The predicted molar refractivity (Wildman–Crippen MR) is 58.9 cm³/mol. The fraction of sp³-hybridized carbons (Fsp3) is 0.455. The first kappa shape index (κ1) is 8.63. The average molecular weight is 260 g/mol. The summed E-state index contributed by atoms with van der Waals surface area (Å²) in [5.41, 5.74) is 0.907. The van der Waals surface area contributed by atoms with Gasteiger partial charge in [-0.25, -0.2) is 0 Å². The molecule has 0 bridgehead atoms. The van der Waals surface area contributed by atoms with Gasteiger partial charge in [-0.15, -0.1) is 0 Å². The molecule has 0 aromatic heterocycles. The van der Waals surface area contributed by atoms with Crippen LogP contribution in [0.15, 0.2) is 18.2 Å². The average Bonchev–Trinajstić information content (AvgIpc) is 2.26. The first-order valence-corrected chi connectivity index (χ1v) is 6.90. The normalized spacial score (nSPS) is 15.6. The molecule has 1 aromatic rings. The van der Waals surface area contributed by atoms with E-state index in [-0.39, 0.29) is 0 Å². The molecule has 14 heavy (non-hydrogen) atoms. The van der Waals surface area contributed by atoms with Gasteiger partial charge in [0.2, 0.25) is 0 Å². The number of benzene rings is 1. The molecule has 0 aliphatic heterocycles. The molecule has 78 valence electrons. The van der Waals surface area contributed by atoms with Gasteiger partial charge in [0, 0.05) is 0 Å². The molecule has 0 saturated heterocycles. The Morgan fingerprint density at radius 1 is 1.50 bits per heavy atom. The number of rotatable bonds is 4. The van der Waals surface area contributed by atoms with Gasteiger partial charge in [0.05, 0.1) is 0 Å². The van der Waals surface area contributed by atoms with Gasteiger partial charge in [0.1, 0.15) is 0 Å². The minimum absolute atomic E-state index is 0.649. The van der Waals surface area contributed by atoms with Crippen molar-refractivity contribution in [3.63, 3.8) is 0 Å². The number of methoxy groups -OCH3 is 1. The molecule has 1 aromatic carbocycles. The monoisotopic (exact) mass is 261 g/mol. The van der Waals surface area contributed by atoms with E-state index in [2.05, 4.69) is 0 Å². The fourth-order valence-corrected chi connectivity index (χ4v) is 3.04. The molecule has 0 aliphatic carbocycles. The minimum atomic E-state index is -2.66. The number of ether oxygens (including phenoxy) is 1. The van der Waals surface area contributed by atoms with Gasteiger partial charge in [-0.05, 0) is 0 Å². The van der Waals surface area contributed by atoms with Crippen LogP contribution in [0.4, 0.5) is 0 Å².